The van der Waals surface area contributed by atoms with Gasteiger partial charge < -0.3 is 4.90 Å². The Balaban J connectivity index is 1.98. The Morgan fingerprint density at radius 3 is 2.30 bits per heavy atom. The quantitative estimate of drug-likeness (QED) is 0.711. The van der Waals surface area contributed by atoms with E-state index in [1.807, 2.05) is 0 Å². The number of amides is 1. The number of nitrogens with zero attached hydrogens (tertiary/aromatic N) is 1. The molecule has 2 fully saturated rings. The third kappa shape index (κ3) is 2.42. The summed E-state index contributed by atoms with van der Waals surface area (Å²) in [6, 6.07) is 5.19. The molecule has 3 rings (SSSR count). The van der Waals surface area contributed by atoms with E-state index in [1.54, 1.807) is 23.1 Å². The first-order valence-electron chi connectivity index (χ1n) is 6.15. The van der Waals surface area contributed by atoms with Crippen LogP contribution in [0.25, 0.3) is 0 Å². The van der Waals surface area contributed by atoms with Gasteiger partial charge in [0, 0.05) is 15.6 Å². The van der Waals surface area contributed by atoms with Crippen molar-refractivity contribution in [3.05, 3.63) is 33.8 Å². The van der Waals surface area contributed by atoms with E-state index in [0.717, 1.165) is 5.56 Å². The van der Waals surface area contributed by atoms with Gasteiger partial charge in [0.1, 0.15) is 5.37 Å². The van der Waals surface area contributed by atoms with Crippen LogP contribution in [0.15, 0.2) is 18.2 Å². The summed E-state index contributed by atoms with van der Waals surface area (Å²) in [7, 11) is 0. The molecular weight excluding hydrogens is 360 g/mol. The van der Waals surface area contributed by atoms with Crippen LogP contribution in [-0.2, 0) is 4.79 Å². The van der Waals surface area contributed by atoms with Gasteiger partial charge in [-0.15, -0.1) is 35.0 Å². The highest BCUT2D eigenvalue weighted by Gasteiger charge is 2.50. The average molecular weight is 371 g/mol. The van der Waals surface area contributed by atoms with E-state index in [0.29, 0.717) is 22.2 Å². The molecule has 1 saturated carbocycles. The van der Waals surface area contributed by atoms with E-state index in [1.165, 1.54) is 11.8 Å². The Morgan fingerprint density at radius 2 is 1.75 bits per heavy atom. The van der Waals surface area contributed by atoms with Crippen molar-refractivity contribution in [2.45, 2.75) is 28.6 Å². The monoisotopic (exact) mass is 369 g/mol. The zero-order valence-corrected chi connectivity index (χ0v) is 14.1. The number of carbonyl (C=O) groups is 1. The van der Waals surface area contributed by atoms with Gasteiger partial charge in [0.15, 0.2) is 0 Å². The summed E-state index contributed by atoms with van der Waals surface area (Å²) in [6.07, 6.45) is 0.713. The predicted molar refractivity (Wildman–Crippen MR) is 86.2 cm³/mol. The van der Waals surface area contributed by atoms with Crippen LogP contribution in [0, 0.1) is 0 Å². The van der Waals surface area contributed by atoms with Crippen LogP contribution in [-0.4, -0.2) is 33.4 Å². The van der Waals surface area contributed by atoms with Crippen LogP contribution in [0.1, 0.15) is 17.4 Å². The molecule has 108 valence electrons. The first kappa shape index (κ1) is 15.1. The van der Waals surface area contributed by atoms with Crippen molar-refractivity contribution in [2.24, 2.45) is 0 Å². The molecular formula is C13H11Cl4NOS. The molecule has 7 heteroatoms. The van der Waals surface area contributed by atoms with E-state index >= 15 is 0 Å². The van der Waals surface area contributed by atoms with Crippen molar-refractivity contribution in [2.75, 3.05) is 5.75 Å². The van der Waals surface area contributed by atoms with Gasteiger partial charge in [-0.1, -0.05) is 29.3 Å². The molecule has 3 atom stereocenters. The highest BCUT2D eigenvalue weighted by molar-refractivity contribution is 8.00. The van der Waals surface area contributed by atoms with Crippen molar-refractivity contribution < 1.29 is 4.79 Å². The van der Waals surface area contributed by atoms with Gasteiger partial charge in [-0.25, -0.2) is 0 Å². The Bertz CT molecular complexity index is 527. The van der Waals surface area contributed by atoms with Gasteiger partial charge >= 0.3 is 0 Å². The van der Waals surface area contributed by atoms with Crippen molar-refractivity contribution in [1.29, 1.82) is 0 Å². The second-order valence-corrected chi connectivity index (χ2v) is 7.86. The summed E-state index contributed by atoms with van der Waals surface area (Å²) in [6.45, 7) is 0. The summed E-state index contributed by atoms with van der Waals surface area (Å²) in [5, 5.41) is 0.696. The van der Waals surface area contributed by atoms with Crippen LogP contribution >= 0.6 is 58.2 Å². The number of rotatable bonds is 2. The molecule has 0 bridgehead atoms. The zero-order chi connectivity index (χ0) is 14.4. The van der Waals surface area contributed by atoms with E-state index < -0.39 is 0 Å². The Morgan fingerprint density at radius 1 is 1.15 bits per heavy atom. The first-order valence-corrected chi connectivity index (χ1v) is 8.83. The van der Waals surface area contributed by atoms with Crippen molar-refractivity contribution in [3.8, 4) is 0 Å². The lowest BCUT2D eigenvalue weighted by molar-refractivity contribution is -0.131. The van der Waals surface area contributed by atoms with Gasteiger partial charge in [0.25, 0.3) is 0 Å². The highest BCUT2D eigenvalue weighted by Crippen LogP contribution is 2.49. The van der Waals surface area contributed by atoms with E-state index in [2.05, 4.69) is 0 Å². The molecule has 1 heterocycles. The number of carbonyl (C=O) groups excluding carboxylic acids is 1. The molecule has 0 N–H and O–H groups in total. The summed E-state index contributed by atoms with van der Waals surface area (Å²) >= 11 is 26.5. The molecule has 1 aliphatic heterocycles. The van der Waals surface area contributed by atoms with E-state index in [-0.39, 0.29) is 28.1 Å². The molecule has 3 unspecified atom stereocenters. The zero-order valence-electron chi connectivity index (χ0n) is 10.2. The largest absolute Gasteiger partial charge is 0.320 e. The maximum absolute atomic E-state index is 12.2. The smallest absolute Gasteiger partial charge is 0.234 e. The third-order valence-electron chi connectivity index (χ3n) is 3.66. The molecule has 2 nitrogen and oxygen atoms in total. The fraction of sp³-hybridized carbons (Fsp3) is 0.462. The first-order chi connectivity index (χ1) is 9.50. The number of hydrogen-bond donors (Lipinski definition) is 0. The van der Waals surface area contributed by atoms with Crippen LogP contribution in [0.5, 0.6) is 0 Å². The fourth-order valence-corrected chi connectivity index (χ4v) is 5.77. The Hall–Kier alpha value is 0.200. The Labute approximate surface area is 141 Å². The molecule has 1 saturated heterocycles. The number of thioether (sulfide) groups is 1. The number of benzene rings is 1. The van der Waals surface area contributed by atoms with E-state index in [9.17, 15) is 4.79 Å². The number of halogens is 4. The molecule has 2 aliphatic rings. The summed E-state index contributed by atoms with van der Waals surface area (Å²) in [4.78, 5) is 14.0. The van der Waals surface area contributed by atoms with Crippen LogP contribution in [0.3, 0.4) is 0 Å². The van der Waals surface area contributed by atoms with E-state index in [4.69, 9.17) is 46.4 Å². The lowest BCUT2D eigenvalue weighted by Gasteiger charge is -2.45. The van der Waals surface area contributed by atoms with Crippen molar-refractivity contribution in [1.82, 2.24) is 4.90 Å². The third-order valence-corrected chi connectivity index (χ3v) is 6.39. The van der Waals surface area contributed by atoms with Gasteiger partial charge in [-0.05, 0) is 18.6 Å². The minimum absolute atomic E-state index is 0.0389. The summed E-state index contributed by atoms with van der Waals surface area (Å²) in [5.41, 5.74) is 0.770. The van der Waals surface area contributed by atoms with Gasteiger partial charge in [-0.2, -0.15) is 0 Å². The average Bonchev–Trinajstić information content (AvgIpc) is 2.72. The molecule has 0 aromatic heterocycles. The molecule has 20 heavy (non-hydrogen) atoms. The van der Waals surface area contributed by atoms with Crippen molar-refractivity contribution in [3.63, 3.8) is 0 Å². The summed E-state index contributed by atoms with van der Waals surface area (Å²) < 4.78 is 0. The SMILES string of the molecule is O=C1CSC(c2c(Cl)cccc2Cl)N1C1C(Cl)CC1Cl. The molecule has 0 radical (unpaired) electrons. The standard InChI is InChI=1S/C13H11Cl4NOS/c14-6-2-1-3-7(15)11(6)13-18(10(19)5-20-13)12-8(16)4-9(12)17/h1-3,8-9,12-13H,4-5H2. The fourth-order valence-electron chi connectivity index (χ4n) is 2.60. The molecule has 1 aliphatic carbocycles. The highest BCUT2D eigenvalue weighted by atomic mass is 35.5. The molecule has 1 aromatic rings. The molecule has 1 amide bonds. The summed E-state index contributed by atoms with van der Waals surface area (Å²) in [5.74, 6) is 0.438. The number of alkyl halides is 2. The second-order valence-electron chi connectivity index (χ2n) is 4.86. The maximum atomic E-state index is 12.2. The minimum Gasteiger partial charge on any atom is -0.320 e. The van der Waals surface area contributed by atoms with Gasteiger partial charge in [0.2, 0.25) is 5.91 Å². The normalized spacial score (nSPS) is 33.4. The molecule has 0 spiro atoms. The molecule has 1 aromatic carbocycles. The lowest BCUT2D eigenvalue weighted by Crippen LogP contribution is -2.57. The topological polar surface area (TPSA) is 20.3 Å². The van der Waals surface area contributed by atoms with Crippen LogP contribution < -0.4 is 0 Å². The maximum Gasteiger partial charge on any atom is 0.234 e. The van der Waals surface area contributed by atoms with Crippen LogP contribution in [0.4, 0.5) is 0 Å². The van der Waals surface area contributed by atoms with Crippen LogP contribution in [0.2, 0.25) is 10.0 Å². The minimum atomic E-state index is -0.212. The van der Waals surface area contributed by atoms with Crippen molar-refractivity contribution >= 4 is 64.1 Å². The Kier molecular flexibility index (Phi) is 4.36. The second kappa shape index (κ2) is 5.77. The number of hydrogen-bond acceptors (Lipinski definition) is 2. The lowest BCUT2D eigenvalue weighted by atomic mass is 9.89. The predicted octanol–water partition coefficient (Wildman–Crippen LogP) is 4.55. The van der Waals surface area contributed by atoms with Gasteiger partial charge in [0.05, 0.1) is 22.5 Å². The van der Waals surface area contributed by atoms with Gasteiger partial charge in [-0.3, -0.25) is 4.79 Å².